The molecule has 1 amide bonds. The Hall–Kier alpha value is -1.86. The summed E-state index contributed by atoms with van der Waals surface area (Å²) < 4.78 is 24.4. The lowest BCUT2D eigenvalue weighted by Gasteiger charge is -2.19. The summed E-state index contributed by atoms with van der Waals surface area (Å²) in [6, 6.07) is 10.6. The molecule has 0 fully saturated rings. The third-order valence-corrected chi connectivity index (χ3v) is 5.59. The Kier molecular flexibility index (Phi) is 5.20. The fraction of sp³-hybridized carbons (Fsp3) is 0.235. The summed E-state index contributed by atoms with van der Waals surface area (Å²) in [5.41, 5.74) is 7.41. The molecule has 1 heterocycles. The van der Waals surface area contributed by atoms with Crippen molar-refractivity contribution in [2.75, 3.05) is 13.2 Å². The molecule has 0 saturated carbocycles. The zero-order valence-electron chi connectivity index (χ0n) is 12.8. The van der Waals surface area contributed by atoms with Gasteiger partial charge in [0.05, 0.1) is 5.75 Å². The molecule has 1 aliphatic rings. The lowest BCUT2D eigenvalue weighted by molar-refractivity contribution is 0.1000. The van der Waals surface area contributed by atoms with E-state index in [0.717, 1.165) is 15.6 Å². The highest BCUT2D eigenvalue weighted by Gasteiger charge is 2.16. The maximum Gasteiger partial charge on any atom is 0.248 e. The SMILES string of the molecule is NC(=O)c1cccc(C[S@](=O)Cc2cc3c(cc2Br)OCCO3)c1. The van der Waals surface area contributed by atoms with Gasteiger partial charge < -0.3 is 15.2 Å². The van der Waals surface area contributed by atoms with Crippen molar-refractivity contribution < 1.29 is 18.5 Å². The van der Waals surface area contributed by atoms with Crippen LogP contribution < -0.4 is 15.2 Å². The van der Waals surface area contributed by atoms with Crippen LogP contribution in [0.15, 0.2) is 40.9 Å². The quantitative estimate of drug-likeness (QED) is 0.823. The van der Waals surface area contributed by atoms with E-state index in [1.807, 2.05) is 18.2 Å². The molecule has 0 radical (unpaired) electrons. The van der Waals surface area contributed by atoms with Gasteiger partial charge in [-0.1, -0.05) is 28.1 Å². The van der Waals surface area contributed by atoms with Crippen molar-refractivity contribution in [2.24, 2.45) is 5.73 Å². The van der Waals surface area contributed by atoms with Gasteiger partial charge in [-0.15, -0.1) is 0 Å². The second-order valence-electron chi connectivity index (χ2n) is 5.38. The largest absolute Gasteiger partial charge is 0.486 e. The van der Waals surface area contributed by atoms with E-state index in [4.69, 9.17) is 15.2 Å². The van der Waals surface area contributed by atoms with Crippen molar-refractivity contribution in [2.45, 2.75) is 11.5 Å². The highest BCUT2D eigenvalue weighted by Crippen LogP contribution is 2.36. The molecule has 3 rings (SSSR count). The number of nitrogens with two attached hydrogens (primary N) is 1. The van der Waals surface area contributed by atoms with Gasteiger partial charge in [0.15, 0.2) is 11.5 Å². The highest BCUT2D eigenvalue weighted by atomic mass is 79.9. The third kappa shape index (κ3) is 3.96. The number of amides is 1. The number of hydrogen-bond acceptors (Lipinski definition) is 4. The van der Waals surface area contributed by atoms with Crippen molar-refractivity contribution in [3.05, 3.63) is 57.6 Å². The van der Waals surface area contributed by atoms with Gasteiger partial charge >= 0.3 is 0 Å². The summed E-state index contributed by atoms with van der Waals surface area (Å²) in [5.74, 6) is 1.60. The van der Waals surface area contributed by atoms with Crippen LogP contribution in [0.25, 0.3) is 0 Å². The maximum absolute atomic E-state index is 12.5. The van der Waals surface area contributed by atoms with Gasteiger partial charge in [0.2, 0.25) is 5.91 Å². The molecule has 2 aromatic rings. The minimum atomic E-state index is -1.13. The highest BCUT2D eigenvalue weighted by molar-refractivity contribution is 9.10. The van der Waals surface area contributed by atoms with E-state index in [2.05, 4.69) is 15.9 Å². The van der Waals surface area contributed by atoms with Gasteiger partial charge in [-0.25, -0.2) is 0 Å². The molecule has 0 aromatic heterocycles. The second-order valence-corrected chi connectivity index (χ2v) is 7.69. The van der Waals surface area contributed by atoms with Crippen LogP contribution in [0.5, 0.6) is 11.5 Å². The molecule has 0 bridgehead atoms. The molecule has 2 N–H and O–H groups in total. The number of hydrogen-bond donors (Lipinski definition) is 1. The molecule has 7 heteroatoms. The minimum absolute atomic E-state index is 0.349. The van der Waals surface area contributed by atoms with Gasteiger partial charge in [-0.2, -0.15) is 0 Å². The Bertz CT molecular complexity index is 809. The van der Waals surface area contributed by atoms with Crippen molar-refractivity contribution in [1.82, 2.24) is 0 Å². The lowest BCUT2D eigenvalue weighted by atomic mass is 10.1. The number of halogens is 1. The first-order chi connectivity index (χ1) is 11.5. The molecular formula is C17H16BrNO4S. The molecule has 0 spiro atoms. The smallest absolute Gasteiger partial charge is 0.248 e. The van der Waals surface area contributed by atoms with Crippen molar-refractivity contribution in [3.63, 3.8) is 0 Å². The number of fused-ring (bicyclic) bond motifs is 1. The van der Waals surface area contributed by atoms with Crippen LogP contribution >= 0.6 is 15.9 Å². The first-order valence-corrected chi connectivity index (χ1v) is 9.63. The van der Waals surface area contributed by atoms with Crippen LogP contribution in [-0.2, 0) is 22.3 Å². The van der Waals surface area contributed by atoms with Crippen molar-refractivity contribution >= 4 is 32.6 Å². The molecule has 1 aliphatic heterocycles. The van der Waals surface area contributed by atoms with Crippen LogP contribution in [0.2, 0.25) is 0 Å². The maximum atomic E-state index is 12.5. The fourth-order valence-electron chi connectivity index (χ4n) is 2.44. The Morgan fingerprint density at radius 3 is 2.54 bits per heavy atom. The topological polar surface area (TPSA) is 78.6 Å². The molecule has 0 unspecified atom stereocenters. The summed E-state index contributed by atoms with van der Waals surface area (Å²) in [6.45, 7) is 1.04. The zero-order chi connectivity index (χ0) is 17.1. The fourth-order valence-corrected chi connectivity index (χ4v) is 4.33. The summed E-state index contributed by atoms with van der Waals surface area (Å²) in [7, 11) is -1.13. The van der Waals surface area contributed by atoms with Gasteiger partial charge in [0.1, 0.15) is 13.2 Å². The van der Waals surface area contributed by atoms with Crippen LogP contribution in [0, 0.1) is 0 Å². The monoisotopic (exact) mass is 409 g/mol. The Morgan fingerprint density at radius 2 is 1.83 bits per heavy atom. The number of carbonyl (C=O) groups is 1. The van der Waals surface area contributed by atoms with Gasteiger partial charge in [0.25, 0.3) is 0 Å². The molecule has 1 atom stereocenters. The van der Waals surface area contributed by atoms with E-state index in [1.54, 1.807) is 18.2 Å². The number of primary amides is 1. The van der Waals surface area contributed by atoms with E-state index >= 15 is 0 Å². The summed E-state index contributed by atoms with van der Waals surface area (Å²) >= 11 is 3.49. The Morgan fingerprint density at radius 1 is 1.12 bits per heavy atom. The van der Waals surface area contributed by atoms with Gasteiger partial charge in [0, 0.05) is 26.6 Å². The van der Waals surface area contributed by atoms with E-state index in [9.17, 15) is 9.00 Å². The molecule has 0 aliphatic carbocycles. The van der Waals surface area contributed by atoms with E-state index in [0.29, 0.717) is 41.8 Å². The molecule has 5 nitrogen and oxygen atoms in total. The molecular weight excluding hydrogens is 394 g/mol. The molecule has 24 heavy (non-hydrogen) atoms. The first-order valence-electron chi connectivity index (χ1n) is 7.34. The van der Waals surface area contributed by atoms with Crippen molar-refractivity contribution in [1.29, 1.82) is 0 Å². The van der Waals surface area contributed by atoms with Crippen LogP contribution in [0.4, 0.5) is 0 Å². The average molecular weight is 410 g/mol. The van der Waals surface area contributed by atoms with Crippen LogP contribution in [-0.4, -0.2) is 23.3 Å². The first kappa shape index (κ1) is 17.0. The van der Waals surface area contributed by atoms with Crippen LogP contribution in [0.1, 0.15) is 21.5 Å². The number of rotatable bonds is 5. The predicted octanol–water partition coefficient (Wildman–Crippen LogP) is 2.77. The second kappa shape index (κ2) is 7.36. The standard InChI is InChI=1S/C17H16BrNO4S/c18-14-8-16-15(22-4-5-23-16)7-13(14)10-24(21)9-11-2-1-3-12(6-11)17(19)20/h1-3,6-8H,4-5,9-10H2,(H2,19,20)/t24-/m0/s1. The third-order valence-electron chi connectivity index (χ3n) is 3.57. The summed E-state index contributed by atoms with van der Waals surface area (Å²) in [6.07, 6.45) is 0. The van der Waals surface area contributed by atoms with Gasteiger partial charge in [-0.3, -0.25) is 9.00 Å². The average Bonchev–Trinajstić information content (AvgIpc) is 2.55. The Balaban J connectivity index is 1.73. The van der Waals surface area contributed by atoms with E-state index in [-0.39, 0.29) is 0 Å². The van der Waals surface area contributed by atoms with Crippen molar-refractivity contribution in [3.8, 4) is 11.5 Å². The number of ether oxygens (including phenoxy) is 2. The Labute approximate surface area is 150 Å². The van der Waals surface area contributed by atoms with E-state index in [1.165, 1.54) is 0 Å². The summed E-state index contributed by atoms with van der Waals surface area (Å²) in [4.78, 5) is 11.2. The lowest BCUT2D eigenvalue weighted by Crippen LogP contribution is -2.15. The molecule has 126 valence electrons. The molecule has 0 saturated heterocycles. The number of benzene rings is 2. The van der Waals surface area contributed by atoms with Crippen LogP contribution in [0.3, 0.4) is 0 Å². The minimum Gasteiger partial charge on any atom is -0.486 e. The summed E-state index contributed by atoms with van der Waals surface area (Å²) in [5, 5.41) is 0. The zero-order valence-corrected chi connectivity index (χ0v) is 15.2. The van der Waals surface area contributed by atoms with Gasteiger partial charge in [-0.05, 0) is 35.4 Å². The number of carbonyl (C=O) groups excluding carboxylic acids is 1. The van der Waals surface area contributed by atoms with E-state index < -0.39 is 16.7 Å². The normalized spacial score (nSPS) is 14.2. The predicted molar refractivity (Wildman–Crippen MR) is 95.6 cm³/mol. The molecule has 2 aromatic carbocycles.